The number of likely N-dealkylation sites (tertiary alicyclic amines) is 1. The van der Waals surface area contributed by atoms with Crippen molar-refractivity contribution >= 4 is 28.3 Å². The molecule has 2 aliphatic heterocycles. The maximum Gasteiger partial charge on any atom is 0.277 e. The lowest BCUT2D eigenvalue weighted by Gasteiger charge is -2.29. The lowest BCUT2D eigenvalue weighted by atomic mass is 10.0. The van der Waals surface area contributed by atoms with Crippen LogP contribution in [0, 0.1) is 5.82 Å². The minimum atomic E-state index is -0.363. The molecule has 32 heavy (non-hydrogen) atoms. The summed E-state index contributed by atoms with van der Waals surface area (Å²) in [6.45, 7) is 1.83. The van der Waals surface area contributed by atoms with E-state index in [0.29, 0.717) is 29.8 Å². The third-order valence-electron chi connectivity index (χ3n) is 6.53. The summed E-state index contributed by atoms with van der Waals surface area (Å²) in [5, 5.41) is 1.14. The van der Waals surface area contributed by atoms with E-state index in [1.54, 1.807) is 12.1 Å². The Labute approximate surface area is 186 Å². The van der Waals surface area contributed by atoms with E-state index in [9.17, 15) is 14.0 Å². The van der Waals surface area contributed by atoms with Gasteiger partial charge in [0, 0.05) is 43.8 Å². The van der Waals surface area contributed by atoms with E-state index in [1.165, 1.54) is 17.0 Å². The predicted octanol–water partition coefficient (Wildman–Crippen LogP) is 4.13. The van der Waals surface area contributed by atoms with Crippen molar-refractivity contribution in [1.29, 1.82) is 0 Å². The normalized spacial score (nSPS) is 17.2. The van der Waals surface area contributed by atoms with Gasteiger partial charge in [-0.15, -0.1) is 0 Å². The van der Waals surface area contributed by atoms with E-state index in [-0.39, 0.29) is 17.6 Å². The smallest absolute Gasteiger partial charge is 0.277 e. The zero-order valence-corrected chi connectivity index (χ0v) is 18.2. The number of amides is 2. The summed E-state index contributed by atoms with van der Waals surface area (Å²) in [4.78, 5) is 30.4. The summed E-state index contributed by atoms with van der Waals surface area (Å²) >= 11 is 0. The number of halogens is 1. The predicted molar refractivity (Wildman–Crippen MR) is 122 cm³/mol. The number of rotatable bonds is 5. The van der Waals surface area contributed by atoms with Gasteiger partial charge in [0.05, 0.1) is 5.57 Å². The maximum absolute atomic E-state index is 13.5. The Kier molecular flexibility index (Phi) is 5.29. The lowest BCUT2D eigenvalue weighted by molar-refractivity contribution is -0.137. The second-order valence-electron chi connectivity index (χ2n) is 8.57. The highest BCUT2D eigenvalue weighted by Crippen LogP contribution is 2.33. The fourth-order valence-electron chi connectivity index (χ4n) is 4.91. The number of hydrogen-bond acceptors (Lipinski definition) is 3. The molecule has 5 rings (SSSR count). The Balaban J connectivity index is 1.46. The van der Waals surface area contributed by atoms with Gasteiger partial charge < -0.3 is 9.47 Å². The zero-order valence-electron chi connectivity index (χ0n) is 18.2. The topological polar surface area (TPSA) is 45.6 Å². The Bertz CT molecular complexity index is 1220. The highest BCUT2D eigenvalue weighted by Gasteiger charge is 2.41. The fraction of sp³-hybridized carbons (Fsp3) is 0.308. The summed E-state index contributed by atoms with van der Waals surface area (Å²) in [5.41, 5.74) is 3.70. The van der Waals surface area contributed by atoms with Gasteiger partial charge in [0.2, 0.25) is 0 Å². The Morgan fingerprint density at radius 2 is 1.62 bits per heavy atom. The van der Waals surface area contributed by atoms with Gasteiger partial charge in [0.25, 0.3) is 11.8 Å². The number of nitrogens with zero attached hydrogens (tertiary/aromatic N) is 3. The van der Waals surface area contributed by atoms with Crippen LogP contribution in [0.3, 0.4) is 0 Å². The number of piperidine rings is 1. The number of imide groups is 1. The van der Waals surface area contributed by atoms with Gasteiger partial charge >= 0.3 is 0 Å². The molecule has 164 valence electrons. The molecule has 2 aromatic carbocycles. The van der Waals surface area contributed by atoms with E-state index in [4.69, 9.17) is 0 Å². The van der Waals surface area contributed by atoms with Gasteiger partial charge in [-0.3, -0.25) is 14.5 Å². The van der Waals surface area contributed by atoms with Gasteiger partial charge in [-0.2, -0.15) is 0 Å². The molecule has 2 aliphatic rings. The molecule has 2 amide bonds. The number of carbonyl (C=O) groups is 2. The second-order valence-corrected chi connectivity index (χ2v) is 8.57. The molecule has 0 spiro atoms. The van der Waals surface area contributed by atoms with Crippen molar-refractivity contribution in [3.05, 3.63) is 77.4 Å². The van der Waals surface area contributed by atoms with Crippen LogP contribution in [0.4, 0.5) is 4.39 Å². The summed E-state index contributed by atoms with van der Waals surface area (Å²) in [5.74, 6) is -0.891. The van der Waals surface area contributed by atoms with Crippen LogP contribution in [-0.4, -0.2) is 45.8 Å². The molecule has 6 heteroatoms. The maximum atomic E-state index is 13.5. The highest BCUT2D eigenvalue weighted by atomic mass is 19.1. The Morgan fingerprint density at radius 3 is 2.38 bits per heavy atom. The van der Waals surface area contributed by atoms with E-state index in [0.717, 1.165) is 48.8 Å². The van der Waals surface area contributed by atoms with Crippen LogP contribution in [0.1, 0.15) is 30.4 Å². The standard InChI is InChI=1S/C26H26FN3O2/c1-28-17-19(21-7-3-4-8-22(21)28)13-16-30-25(31)23(18-9-11-20(27)12-10-18)24(26(30)32)29-14-5-2-6-15-29/h3-4,7-12,17H,2,5-6,13-16H2,1H3. The van der Waals surface area contributed by atoms with Crippen LogP contribution in [0.5, 0.6) is 0 Å². The molecule has 0 unspecified atom stereocenters. The van der Waals surface area contributed by atoms with Crippen molar-refractivity contribution in [2.24, 2.45) is 7.05 Å². The molecule has 3 aromatic rings. The number of benzene rings is 2. The number of para-hydroxylation sites is 1. The minimum Gasteiger partial charge on any atom is -0.366 e. The monoisotopic (exact) mass is 431 g/mol. The first kappa shape index (κ1) is 20.5. The number of carbonyl (C=O) groups excluding carboxylic acids is 2. The molecule has 0 radical (unpaired) electrons. The van der Waals surface area contributed by atoms with Crippen LogP contribution in [0.25, 0.3) is 16.5 Å². The second kappa shape index (κ2) is 8.26. The van der Waals surface area contributed by atoms with Gasteiger partial charge in [0.1, 0.15) is 11.5 Å². The van der Waals surface area contributed by atoms with Crippen molar-refractivity contribution < 1.29 is 14.0 Å². The van der Waals surface area contributed by atoms with Crippen molar-refractivity contribution in [1.82, 2.24) is 14.4 Å². The summed E-state index contributed by atoms with van der Waals surface area (Å²) in [6.07, 6.45) is 5.77. The first-order chi connectivity index (χ1) is 15.5. The molecule has 3 heterocycles. The first-order valence-electron chi connectivity index (χ1n) is 11.2. The Morgan fingerprint density at radius 1 is 0.906 bits per heavy atom. The van der Waals surface area contributed by atoms with Crippen LogP contribution in [0.2, 0.25) is 0 Å². The van der Waals surface area contributed by atoms with Crippen molar-refractivity contribution in [3.63, 3.8) is 0 Å². The molecule has 1 saturated heterocycles. The fourth-order valence-corrected chi connectivity index (χ4v) is 4.91. The van der Waals surface area contributed by atoms with Crippen molar-refractivity contribution in [2.75, 3.05) is 19.6 Å². The largest absolute Gasteiger partial charge is 0.366 e. The molecule has 0 atom stereocenters. The summed E-state index contributed by atoms with van der Waals surface area (Å²) in [6, 6.07) is 14.0. The van der Waals surface area contributed by atoms with Gasteiger partial charge in [0.15, 0.2) is 0 Å². The highest BCUT2D eigenvalue weighted by molar-refractivity contribution is 6.35. The SMILES string of the molecule is Cn1cc(CCN2C(=O)C(c3ccc(F)cc3)=C(N3CCCCC3)C2=O)c2ccccc21. The molecule has 0 bridgehead atoms. The van der Waals surface area contributed by atoms with Crippen molar-refractivity contribution in [2.45, 2.75) is 25.7 Å². The van der Waals surface area contributed by atoms with Crippen LogP contribution < -0.4 is 0 Å². The van der Waals surface area contributed by atoms with E-state index in [2.05, 4.69) is 22.9 Å². The quantitative estimate of drug-likeness (QED) is 0.571. The molecule has 5 nitrogen and oxygen atoms in total. The van der Waals surface area contributed by atoms with Crippen LogP contribution >= 0.6 is 0 Å². The minimum absolute atomic E-state index is 0.239. The van der Waals surface area contributed by atoms with E-state index in [1.807, 2.05) is 24.1 Å². The first-order valence-corrected chi connectivity index (χ1v) is 11.2. The molecule has 1 fully saturated rings. The van der Waals surface area contributed by atoms with Gasteiger partial charge in [-0.1, -0.05) is 30.3 Å². The summed E-state index contributed by atoms with van der Waals surface area (Å²) in [7, 11) is 2.00. The molecule has 0 aliphatic carbocycles. The van der Waals surface area contributed by atoms with Gasteiger partial charge in [-0.05, 0) is 55.0 Å². The number of aromatic nitrogens is 1. The molecular formula is C26H26FN3O2. The number of fused-ring (bicyclic) bond motifs is 1. The molecule has 0 N–H and O–H groups in total. The average molecular weight is 432 g/mol. The zero-order chi connectivity index (χ0) is 22.2. The average Bonchev–Trinajstić information content (AvgIpc) is 3.27. The summed E-state index contributed by atoms with van der Waals surface area (Å²) < 4.78 is 15.6. The third-order valence-corrected chi connectivity index (χ3v) is 6.53. The lowest BCUT2D eigenvalue weighted by Crippen LogP contribution is -2.38. The molecular weight excluding hydrogens is 405 g/mol. The molecule has 1 aromatic heterocycles. The van der Waals surface area contributed by atoms with Crippen LogP contribution in [-0.2, 0) is 23.1 Å². The third kappa shape index (κ3) is 3.49. The number of aryl methyl sites for hydroxylation is 1. The van der Waals surface area contributed by atoms with Gasteiger partial charge in [-0.25, -0.2) is 4.39 Å². The molecule has 0 saturated carbocycles. The number of hydrogen-bond donors (Lipinski definition) is 0. The van der Waals surface area contributed by atoms with Crippen molar-refractivity contribution in [3.8, 4) is 0 Å². The van der Waals surface area contributed by atoms with Crippen LogP contribution in [0.15, 0.2) is 60.4 Å². The Hall–Kier alpha value is -3.41. The van der Waals surface area contributed by atoms with E-state index < -0.39 is 0 Å². The van der Waals surface area contributed by atoms with E-state index >= 15 is 0 Å².